The van der Waals surface area contributed by atoms with E-state index in [0.717, 1.165) is 31.6 Å². The Morgan fingerprint density at radius 3 is 2.87 bits per heavy atom. The largest absolute Gasteiger partial charge is 0.328 e. The van der Waals surface area contributed by atoms with Crippen molar-refractivity contribution in [1.29, 1.82) is 0 Å². The monoisotopic (exact) mass is 313 g/mol. The van der Waals surface area contributed by atoms with Crippen molar-refractivity contribution in [1.82, 2.24) is 25.0 Å². The smallest absolute Gasteiger partial charge is 0.318 e. The molecule has 6 nitrogen and oxygen atoms in total. The van der Waals surface area contributed by atoms with Crippen molar-refractivity contribution >= 4 is 6.03 Å². The van der Waals surface area contributed by atoms with Gasteiger partial charge in [-0.2, -0.15) is 0 Å². The molecule has 2 amide bonds. The van der Waals surface area contributed by atoms with E-state index in [9.17, 15) is 4.79 Å². The van der Waals surface area contributed by atoms with E-state index in [4.69, 9.17) is 0 Å². The van der Waals surface area contributed by atoms with Crippen LogP contribution in [0, 0.1) is 0 Å². The van der Waals surface area contributed by atoms with Gasteiger partial charge in [-0.1, -0.05) is 30.3 Å². The van der Waals surface area contributed by atoms with E-state index >= 15 is 0 Å². The lowest BCUT2D eigenvalue weighted by Gasteiger charge is -2.26. The molecule has 23 heavy (non-hydrogen) atoms. The van der Waals surface area contributed by atoms with E-state index in [1.165, 1.54) is 5.56 Å². The van der Waals surface area contributed by atoms with E-state index in [1.807, 2.05) is 41.6 Å². The molecule has 1 aliphatic heterocycles. The van der Waals surface area contributed by atoms with Gasteiger partial charge in [-0.25, -0.2) is 4.79 Å². The van der Waals surface area contributed by atoms with Crippen LogP contribution in [0.1, 0.15) is 37.2 Å². The number of likely N-dealkylation sites (tertiary alicyclic amines) is 1. The molecule has 6 heteroatoms. The van der Waals surface area contributed by atoms with E-state index in [2.05, 4.69) is 27.6 Å². The fraction of sp³-hybridized carbons (Fsp3) is 0.471. The number of benzene rings is 1. The van der Waals surface area contributed by atoms with E-state index in [0.29, 0.717) is 0 Å². The molecule has 0 aliphatic carbocycles. The molecule has 0 spiro atoms. The Balaban J connectivity index is 1.63. The van der Waals surface area contributed by atoms with Gasteiger partial charge in [0, 0.05) is 19.6 Å². The molecule has 1 aliphatic rings. The van der Waals surface area contributed by atoms with Crippen LogP contribution in [-0.2, 0) is 13.5 Å². The Labute approximate surface area is 136 Å². The molecule has 0 radical (unpaired) electrons. The van der Waals surface area contributed by atoms with E-state index in [-0.39, 0.29) is 18.1 Å². The maximum atomic E-state index is 12.6. The van der Waals surface area contributed by atoms with Crippen molar-refractivity contribution in [3.63, 3.8) is 0 Å². The van der Waals surface area contributed by atoms with Crippen molar-refractivity contribution in [3.8, 4) is 0 Å². The normalized spacial score (nSPS) is 18.9. The topological polar surface area (TPSA) is 63.1 Å². The highest BCUT2D eigenvalue weighted by atomic mass is 16.2. The van der Waals surface area contributed by atoms with Crippen LogP contribution in [0.25, 0.3) is 0 Å². The van der Waals surface area contributed by atoms with Crippen LogP contribution in [-0.4, -0.2) is 38.3 Å². The predicted octanol–water partition coefficient (Wildman–Crippen LogP) is 2.29. The van der Waals surface area contributed by atoms with Gasteiger partial charge in [-0.05, 0) is 31.7 Å². The second kappa shape index (κ2) is 6.81. The average Bonchev–Trinajstić information content (AvgIpc) is 3.17. The summed E-state index contributed by atoms with van der Waals surface area (Å²) in [5, 5.41) is 11.0. The number of aryl methyl sites for hydroxylation is 1. The molecule has 1 fully saturated rings. The number of nitrogens with one attached hydrogen (secondary N) is 1. The van der Waals surface area contributed by atoms with Crippen LogP contribution in [0.5, 0.6) is 0 Å². The number of urea groups is 1. The van der Waals surface area contributed by atoms with Gasteiger partial charge in [-0.3, -0.25) is 0 Å². The van der Waals surface area contributed by atoms with Gasteiger partial charge < -0.3 is 14.8 Å². The summed E-state index contributed by atoms with van der Waals surface area (Å²) in [6.07, 6.45) is 4.67. The van der Waals surface area contributed by atoms with Crippen molar-refractivity contribution in [2.45, 2.75) is 38.3 Å². The molecule has 0 bridgehead atoms. The minimum absolute atomic E-state index is 0.0149. The maximum absolute atomic E-state index is 12.6. The fourth-order valence-corrected chi connectivity index (χ4v) is 3.22. The molecule has 1 aromatic carbocycles. The average molecular weight is 313 g/mol. The van der Waals surface area contributed by atoms with Crippen molar-refractivity contribution < 1.29 is 4.79 Å². The summed E-state index contributed by atoms with van der Waals surface area (Å²) in [6.45, 7) is 2.75. The summed E-state index contributed by atoms with van der Waals surface area (Å²) in [7, 11) is 1.88. The zero-order chi connectivity index (χ0) is 16.2. The molecule has 122 valence electrons. The molecular weight excluding hydrogens is 290 g/mol. The first-order chi connectivity index (χ1) is 11.1. The van der Waals surface area contributed by atoms with Crippen LogP contribution in [0.15, 0.2) is 36.7 Å². The predicted molar refractivity (Wildman–Crippen MR) is 87.8 cm³/mol. The number of nitrogens with zero attached hydrogens (tertiary/aromatic N) is 4. The molecule has 1 aromatic heterocycles. The highest BCUT2D eigenvalue weighted by molar-refractivity contribution is 5.75. The number of carbonyl (C=O) groups excluding carboxylic acids is 1. The third-order valence-corrected chi connectivity index (χ3v) is 4.43. The molecule has 1 N–H and O–H groups in total. The number of aromatic nitrogens is 3. The van der Waals surface area contributed by atoms with Crippen LogP contribution in [0.2, 0.25) is 0 Å². The Morgan fingerprint density at radius 2 is 2.17 bits per heavy atom. The van der Waals surface area contributed by atoms with E-state index in [1.54, 1.807) is 6.33 Å². The lowest BCUT2D eigenvalue weighted by atomic mass is 10.0. The first-order valence-corrected chi connectivity index (χ1v) is 8.10. The third kappa shape index (κ3) is 3.52. The Bertz CT molecular complexity index is 654. The molecule has 2 aromatic rings. The first kappa shape index (κ1) is 15.5. The zero-order valence-electron chi connectivity index (χ0n) is 13.6. The molecular formula is C17H23N5O. The standard InChI is InChI=1S/C17H23N5O/c1-13(16-20-18-12-21(16)2)19-17(23)22-10-6-9-15(22)11-14-7-4-3-5-8-14/h3-5,7-8,12-13,15H,6,9-11H2,1-2H3,(H,19,23)/t13-,15-/m1/s1. The number of hydrogen-bond donors (Lipinski definition) is 1. The van der Waals surface area contributed by atoms with E-state index < -0.39 is 0 Å². The SMILES string of the molecule is C[C@@H](NC(=O)N1CCC[C@@H]1Cc1ccccc1)c1nncn1C. The highest BCUT2D eigenvalue weighted by Gasteiger charge is 2.30. The van der Waals surface area contributed by atoms with Gasteiger partial charge in [0.15, 0.2) is 5.82 Å². The van der Waals surface area contributed by atoms with Crippen LogP contribution < -0.4 is 5.32 Å². The number of hydrogen-bond acceptors (Lipinski definition) is 3. The van der Waals surface area contributed by atoms with Crippen molar-refractivity contribution in [2.24, 2.45) is 7.05 Å². The number of carbonyl (C=O) groups is 1. The maximum Gasteiger partial charge on any atom is 0.318 e. The van der Waals surface area contributed by atoms with Gasteiger partial charge in [0.25, 0.3) is 0 Å². The van der Waals surface area contributed by atoms with Crippen LogP contribution >= 0.6 is 0 Å². The minimum Gasteiger partial charge on any atom is -0.328 e. The zero-order valence-corrected chi connectivity index (χ0v) is 13.6. The summed E-state index contributed by atoms with van der Waals surface area (Å²) in [5.41, 5.74) is 1.28. The van der Waals surface area contributed by atoms with Crippen LogP contribution in [0.4, 0.5) is 4.79 Å². The minimum atomic E-state index is -0.159. The van der Waals surface area contributed by atoms with Gasteiger partial charge in [0.2, 0.25) is 0 Å². The first-order valence-electron chi connectivity index (χ1n) is 8.10. The van der Waals surface area contributed by atoms with Gasteiger partial charge in [-0.15, -0.1) is 10.2 Å². The summed E-state index contributed by atoms with van der Waals surface area (Å²) in [5.74, 6) is 0.761. The molecule has 2 atom stereocenters. The third-order valence-electron chi connectivity index (χ3n) is 4.43. The second-order valence-corrected chi connectivity index (χ2v) is 6.15. The van der Waals surface area contributed by atoms with Gasteiger partial charge >= 0.3 is 6.03 Å². The fourth-order valence-electron chi connectivity index (χ4n) is 3.22. The summed E-state index contributed by atoms with van der Waals surface area (Å²) < 4.78 is 1.83. The van der Waals surface area contributed by atoms with Crippen molar-refractivity contribution in [3.05, 3.63) is 48.0 Å². The molecule has 0 saturated carbocycles. The molecule has 2 heterocycles. The Morgan fingerprint density at radius 1 is 1.39 bits per heavy atom. The lowest BCUT2D eigenvalue weighted by molar-refractivity contribution is 0.188. The highest BCUT2D eigenvalue weighted by Crippen LogP contribution is 2.22. The second-order valence-electron chi connectivity index (χ2n) is 6.15. The molecule has 3 rings (SSSR count). The Kier molecular flexibility index (Phi) is 4.60. The molecule has 1 saturated heterocycles. The Hall–Kier alpha value is -2.37. The quantitative estimate of drug-likeness (QED) is 0.942. The van der Waals surface area contributed by atoms with Gasteiger partial charge in [0.05, 0.1) is 6.04 Å². The summed E-state index contributed by atoms with van der Waals surface area (Å²) in [4.78, 5) is 14.6. The lowest BCUT2D eigenvalue weighted by Crippen LogP contribution is -2.44. The summed E-state index contributed by atoms with van der Waals surface area (Å²) in [6, 6.07) is 10.4. The number of rotatable bonds is 4. The molecule has 0 unspecified atom stereocenters. The van der Waals surface area contributed by atoms with Crippen molar-refractivity contribution in [2.75, 3.05) is 6.54 Å². The van der Waals surface area contributed by atoms with Gasteiger partial charge in [0.1, 0.15) is 6.33 Å². The van der Waals surface area contributed by atoms with Crippen LogP contribution in [0.3, 0.4) is 0 Å². The summed E-state index contributed by atoms with van der Waals surface area (Å²) >= 11 is 0. The number of amides is 2.